The lowest BCUT2D eigenvalue weighted by Crippen LogP contribution is -1.75. The number of hydrogen-bond acceptors (Lipinski definition) is 3. The van der Waals surface area contributed by atoms with E-state index in [2.05, 4.69) is 35.7 Å². The second kappa shape index (κ2) is 4.93. The Labute approximate surface area is 75.4 Å². The molecule has 1 radical (unpaired) electrons. The molecule has 2 rings (SSSR count). The first kappa shape index (κ1) is 9.25. The van der Waals surface area contributed by atoms with Crippen LogP contribution in [0, 0.1) is 0 Å². The van der Waals surface area contributed by atoms with E-state index in [1.165, 1.54) is 10.1 Å². The minimum atomic E-state index is 0. The van der Waals surface area contributed by atoms with Gasteiger partial charge in [0.2, 0.25) is 0 Å². The molecule has 1 aromatic heterocycles. The van der Waals surface area contributed by atoms with Crippen molar-refractivity contribution in [3.8, 4) is 0 Å². The third-order valence-electron chi connectivity index (χ3n) is 1.36. The van der Waals surface area contributed by atoms with Gasteiger partial charge in [-0.15, -0.1) is 11.3 Å². The maximum absolute atomic E-state index is 7.00. The standard InChI is InChI=1S/C8H6S.BH2O2/c1-2-4-8-7(3-1)5-6-9-8;2-1-3/h1-6H;2-3H. The van der Waals surface area contributed by atoms with Crippen LogP contribution in [0.2, 0.25) is 0 Å². The number of thiophene rings is 1. The van der Waals surface area contributed by atoms with Gasteiger partial charge in [0.05, 0.1) is 0 Å². The van der Waals surface area contributed by atoms with E-state index in [1.807, 2.05) is 0 Å². The summed E-state index contributed by atoms with van der Waals surface area (Å²) >= 11 is 1.79. The summed E-state index contributed by atoms with van der Waals surface area (Å²) in [5, 5.41) is 17.5. The summed E-state index contributed by atoms with van der Waals surface area (Å²) in [6.45, 7) is 0. The van der Waals surface area contributed by atoms with Crippen molar-refractivity contribution in [2.75, 3.05) is 0 Å². The van der Waals surface area contributed by atoms with Gasteiger partial charge in [-0.1, -0.05) is 18.2 Å². The Morgan fingerprint density at radius 2 is 1.75 bits per heavy atom. The topological polar surface area (TPSA) is 40.5 Å². The largest absolute Gasteiger partial charge is 0.482 e. The van der Waals surface area contributed by atoms with Crippen LogP contribution in [0.4, 0.5) is 0 Å². The average Bonchev–Trinajstić information content (AvgIpc) is 2.52. The predicted molar refractivity (Wildman–Crippen MR) is 52.0 cm³/mol. The lowest BCUT2D eigenvalue weighted by molar-refractivity contribution is 0.448. The highest BCUT2D eigenvalue weighted by molar-refractivity contribution is 7.17. The van der Waals surface area contributed by atoms with Crippen molar-refractivity contribution in [3.05, 3.63) is 35.7 Å². The molecule has 0 spiro atoms. The maximum Gasteiger partial charge on any atom is 0.482 e. The molecule has 1 aromatic carbocycles. The molecule has 0 amide bonds. The highest BCUT2D eigenvalue weighted by Gasteiger charge is 1.87. The fourth-order valence-electron chi connectivity index (χ4n) is 0.906. The molecule has 12 heavy (non-hydrogen) atoms. The summed E-state index contributed by atoms with van der Waals surface area (Å²) in [4.78, 5) is 0. The van der Waals surface area contributed by atoms with Crippen LogP contribution >= 0.6 is 11.3 Å². The van der Waals surface area contributed by atoms with E-state index < -0.39 is 0 Å². The summed E-state index contributed by atoms with van der Waals surface area (Å²) in [6.07, 6.45) is 0. The molecular formula is C8H8BO2S. The van der Waals surface area contributed by atoms with Gasteiger partial charge >= 0.3 is 7.69 Å². The highest BCUT2D eigenvalue weighted by atomic mass is 32.1. The lowest BCUT2D eigenvalue weighted by atomic mass is 10.3. The van der Waals surface area contributed by atoms with Crippen molar-refractivity contribution in [2.45, 2.75) is 0 Å². The molecule has 61 valence electrons. The van der Waals surface area contributed by atoms with Crippen LogP contribution in [0.1, 0.15) is 0 Å². The highest BCUT2D eigenvalue weighted by Crippen LogP contribution is 2.18. The summed E-state index contributed by atoms with van der Waals surface area (Å²) in [6, 6.07) is 10.5. The molecule has 2 N–H and O–H groups in total. The first-order valence-electron chi connectivity index (χ1n) is 3.41. The smallest absolute Gasteiger partial charge is 0.429 e. The van der Waals surface area contributed by atoms with Crippen LogP contribution in [0.15, 0.2) is 35.7 Å². The van der Waals surface area contributed by atoms with Gasteiger partial charge in [-0.3, -0.25) is 0 Å². The number of hydrogen-bond donors (Lipinski definition) is 2. The molecule has 0 bridgehead atoms. The fourth-order valence-corrected chi connectivity index (χ4v) is 1.70. The van der Waals surface area contributed by atoms with E-state index in [-0.39, 0.29) is 7.69 Å². The van der Waals surface area contributed by atoms with E-state index in [0.29, 0.717) is 0 Å². The Morgan fingerprint density at radius 1 is 1.08 bits per heavy atom. The normalized spacial score (nSPS) is 8.83. The molecule has 0 unspecified atom stereocenters. The Kier molecular flexibility index (Phi) is 3.80. The quantitative estimate of drug-likeness (QED) is 0.600. The van der Waals surface area contributed by atoms with Crippen LogP contribution in [0.5, 0.6) is 0 Å². The monoisotopic (exact) mass is 179 g/mol. The van der Waals surface area contributed by atoms with Gasteiger partial charge in [-0.05, 0) is 22.9 Å². The number of rotatable bonds is 0. The minimum absolute atomic E-state index is 0. The van der Waals surface area contributed by atoms with Gasteiger partial charge in [0.15, 0.2) is 0 Å². The first-order valence-corrected chi connectivity index (χ1v) is 4.29. The van der Waals surface area contributed by atoms with Crippen molar-refractivity contribution in [2.24, 2.45) is 0 Å². The maximum atomic E-state index is 7.00. The molecule has 0 atom stereocenters. The molecule has 2 aromatic rings. The second-order valence-electron chi connectivity index (χ2n) is 2.07. The zero-order chi connectivity index (χ0) is 8.81. The zero-order valence-corrected chi connectivity index (χ0v) is 7.16. The lowest BCUT2D eigenvalue weighted by Gasteiger charge is -1.82. The van der Waals surface area contributed by atoms with Crippen LogP contribution in [-0.2, 0) is 0 Å². The van der Waals surface area contributed by atoms with E-state index >= 15 is 0 Å². The van der Waals surface area contributed by atoms with Gasteiger partial charge in [0.1, 0.15) is 0 Å². The van der Waals surface area contributed by atoms with Crippen molar-refractivity contribution in [1.82, 2.24) is 0 Å². The molecule has 0 saturated heterocycles. The van der Waals surface area contributed by atoms with Gasteiger partial charge in [0, 0.05) is 4.70 Å². The van der Waals surface area contributed by atoms with Crippen LogP contribution in [0.3, 0.4) is 0 Å². The molecule has 4 heteroatoms. The van der Waals surface area contributed by atoms with E-state index in [4.69, 9.17) is 10.0 Å². The number of fused-ring (bicyclic) bond motifs is 1. The fraction of sp³-hybridized carbons (Fsp3) is 0. The van der Waals surface area contributed by atoms with Crippen LogP contribution in [-0.4, -0.2) is 17.7 Å². The Hall–Kier alpha value is -0.835. The zero-order valence-electron chi connectivity index (χ0n) is 6.34. The molecule has 0 saturated carbocycles. The molecule has 2 nitrogen and oxygen atoms in total. The molecule has 1 heterocycles. The van der Waals surface area contributed by atoms with Gasteiger partial charge < -0.3 is 10.0 Å². The summed E-state index contributed by atoms with van der Waals surface area (Å²) < 4.78 is 1.37. The Morgan fingerprint density at radius 3 is 2.42 bits per heavy atom. The molecule has 0 aliphatic rings. The third kappa shape index (κ3) is 2.34. The average molecular weight is 179 g/mol. The Balaban J connectivity index is 0.000000213. The van der Waals surface area contributed by atoms with Crippen molar-refractivity contribution < 1.29 is 10.0 Å². The van der Waals surface area contributed by atoms with Crippen molar-refractivity contribution >= 4 is 29.1 Å². The third-order valence-corrected chi connectivity index (χ3v) is 2.26. The van der Waals surface area contributed by atoms with Gasteiger partial charge in [-0.2, -0.15) is 0 Å². The van der Waals surface area contributed by atoms with Crippen molar-refractivity contribution in [1.29, 1.82) is 0 Å². The van der Waals surface area contributed by atoms with Gasteiger partial charge in [0.25, 0.3) is 0 Å². The van der Waals surface area contributed by atoms with Crippen molar-refractivity contribution in [3.63, 3.8) is 0 Å². The van der Waals surface area contributed by atoms with E-state index in [0.717, 1.165) is 0 Å². The summed E-state index contributed by atoms with van der Waals surface area (Å²) in [7, 11) is 0. The first-order chi connectivity index (χ1) is 5.88. The van der Waals surface area contributed by atoms with E-state index in [1.54, 1.807) is 11.3 Å². The SMILES string of the molecule is O[B]O.c1ccc2sccc2c1. The van der Waals surface area contributed by atoms with Crippen LogP contribution < -0.4 is 0 Å². The predicted octanol–water partition coefficient (Wildman–Crippen LogP) is 1.41. The molecule has 0 aliphatic heterocycles. The minimum Gasteiger partial charge on any atom is -0.429 e. The molecule has 0 aliphatic carbocycles. The van der Waals surface area contributed by atoms with Gasteiger partial charge in [-0.25, -0.2) is 0 Å². The Bertz CT molecular complexity index is 304. The molecular weight excluding hydrogens is 171 g/mol. The summed E-state index contributed by atoms with van der Waals surface area (Å²) in [5.41, 5.74) is 0. The number of benzene rings is 1. The summed E-state index contributed by atoms with van der Waals surface area (Å²) in [5.74, 6) is 0. The van der Waals surface area contributed by atoms with Crippen LogP contribution in [0.25, 0.3) is 10.1 Å². The second-order valence-corrected chi connectivity index (χ2v) is 3.02. The van der Waals surface area contributed by atoms with E-state index in [9.17, 15) is 0 Å². The molecule has 0 fully saturated rings.